The van der Waals surface area contributed by atoms with Gasteiger partial charge in [0.1, 0.15) is 11.9 Å². The number of nitrogens with one attached hydrogen (secondary N) is 1. The number of rotatable bonds is 2. The fraction of sp³-hybridized carbons (Fsp3) is 0.462. The van der Waals surface area contributed by atoms with Crippen LogP contribution in [-0.2, 0) is 6.54 Å². The third kappa shape index (κ3) is 2.82. The van der Waals surface area contributed by atoms with E-state index in [0.717, 1.165) is 31.7 Å². The van der Waals surface area contributed by atoms with Crippen molar-refractivity contribution in [3.05, 3.63) is 35.1 Å². The van der Waals surface area contributed by atoms with Crippen LogP contribution in [0, 0.1) is 17.1 Å². The van der Waals surface area contributed by atoms with Crippen LogP contribution in [0.5, 0.6) is 0 Å². The molecule has 0 aliphatic carbocycles. The molecule has 1 saturated heterocycles. The summed E-state index contributed by atoms with van der Waals surface area (Å²) in [4.78, 5) is 2.34. The van der Waals surface area contributed by atoms with Crippen molar-refractivity contribution in [3.8, 4) is 6.07 Å². The van der Waals surface area contributed by atoms with Gasteiger partial charge in [0.2, 0.25) is 0 Å². The lowest BCUT2D eigenvalue weighted by atomic mass is 10.1. The normalized spacial score (nSPS) is 21.1. The van der Waals surface area contributed by atoms with Gasteiger partial charge in [0.05, 0.1) is 5.56 Å². The third-order valence-corrected chi connectivity index (χ3v) is 3.18. The first-order chi connectivity index (χ1) is 8.20. The van der Waals surface area contributed by atoms with Crippen molar-refractivity contribution in [3.63, 3.8) is 0 Å². The monoisotopic (exact) mass is 233 g/mol. The van der Waals surface area contributed by atoms with Gasteiger partial charge in [0, 0.05) is 32.2 Å². The zero-order valence-electron chi connectivity index (χ0n) is 9.91. The molecule has 4 heteroatoms. The molecule has 1 atom stereocenters. The van der Waals surface area contributed by atoms with E-state index in [1.807, 2.05) is 6.07 Å². The molecule has 17 heavy (non-hydrogen) atoms. The standard InChI is InChI=1S/C13H16FN3/c1-10-8-16-4-5-17(10)9-11-2-3-13(14)12(6-11)7-15/h2-3,6,10,16H,4-5,8-9H2,1H3/t10-/m0/s1. The largest absolute Gasteiger partial charge is 0.314 e. The lowest BCUT2D eigenvalue weighted by Crippen LogP contribution is -2.49. The topological polar surface area (TPSA) is 39.1 Å². The molecule has 1 heterocycles. The number of benzene rings is 1. The van der Waals surface area contributed by atoms with Gasteiger partial charge >= 0.3 is 0 Å². The van der Waals surface area contributed by atoms with Gasteiger partial charge in [-0.15, -0.1) is 0 Å². The van der Waals surface area contributed by atoms with E-state index in [1.165, 1.54) is 6.07 Å². The summed E-state index contributed by atoms with van der Waals surface area (Å²) in [5.74, 6) is -0.440. The molecule has 1 N–H and O–H groups in total. The van der Waals surface area contributed by atoms with Crippen LogP contribution >= 0.6 is 0 Å². The van der Waals surface area contributed by atoms with E-state index in [9.17, 15) is 4.39 Å². The Balaban J connectivity index is 2.10. The van der Waals surface area contributed by atoms with Crippen LogP contribution in [-0.4, -0.2) is 30.6 Å². The fourth-order valence-corrected chi connectivity index (χ4v) is 2.11. The van der Waals surface area contributed by atoms with Gasteiger partial charge < -0.3 is 5.32 Å². The van der Waals surface area contributed by atoms with Gasteiger partial charge in [-0.25, -0.2) is 4.39 Å². The Morgan fingerprint density at radius 2 is 2.41 bits per heavy atom. The molecular weight excluding hydrogens is 217 g/mol. The van der Waals surface area contributed by atoms with E-state index >= 15 is 0 Å². The summed E-state index contributed by atoms with van der Waals surface area (Å²) in [6.07, 6.45) is 0. The number of nitriles is 1. The molecule has 1 aliphatic rings. The third-order valence-electron chi connectivity index (χ3n) is 3.18. The molecule has 1 aromatic rings. The predicted octanol–water partition coefficient (Wildman–Crippen LogP) is 1.49. The molecule has 1 fully saturated rings. The number of halogens is 1. The van der Waals surface area contributed by atoms with Gasteiger partial charge in [-0.05, 0) is 24.6 Å². The van der Waals surface area contributed by atoms with Crippen LogP contribution in [0.25, 0.3) is 0 Å². The van der Waals surface area contributed by atoms with Crippen molar-refractivity contribution in [1.29, 1.82) is 5.26 Å². The maximum absolute atomic E-state index is 13.2. The molecule has 0 radical (unpaired) electrons. The zero-order chi connectivity index (χ0) is 12.3. The zero-order valence-corrected chi connectivity index (χ0v) is 9.91. The summed E-state index contributed by atoms with van der Waals surface area (Å²) in [5.41, 5.74) is 1.13. The Bertz CT molecular complexity index is 439. The second kappa shape index (κ2) is 5.26. The minimum absolute atomic E-state index is 0.130. The molecule has 0 spiro atoms. The van der Waals surface area contributed by atoms with Crippen LogP contribution in [0.2, 0.25) is 0 Å². The predicted molar refractivity (Wildman–Crippen MR) is 63.9 cm³/mol. The van der Waals surface area contributed by atoms with Crippen LogP contribution < -0.4 is 5.32 Å². The van der Waals surface area contributed by atoms with Crippen LogP contribution in [0.3, 0.4) is 0 Å². The first-order valence-electron chi connectivity index (χ1n) is 5.84. The highest BCUT2D eigenvalue weighted by atomic mass is 19.1. The molecule has 0 aromatic heterocycles. The van der Waals surface area contributed by atoms with Gasteiger partial charge in [-0.1, -0.05) is 6.07 Å². The molecule has 3 nitrogen and oxygen atoms in total. The van der Waals surface area contributed by atoms with E-state index < -0.39 is 5.82 Å². The second-order valence-corrected chi connectivity index (χ2v) is 4.45. The van der Waals surface area contributed by atoms with Crippen molar-refractivity contribution in [2.24, 2.45) is 0 Å². The summed E-state index contributed by atoms with van der Waals surface area (Å²) < 4.78 is 13.2. The number of nitrogens with zero attached hydrogens (tertiary/aromatic N) is 2. The fourth-order valence-electron chi connectivity index (χ4n) is 2.11. The van der Waals surface area contributed by atoms with E-state index in [2.05, 4.69) is 17.1 Å². The van der Waals surface area contributed by atoms with Crippen molar-refractivity contribution < 1.29 is 4.39 Å². The molecule has 1 aromatic carbocycles. The molecule has 1 aliphatic heterocycles. The molecule has 2 rings (SSSR count). The number of hydrogen-bond donors (Lipinski definition) is 1. The molecule has 0 amide bonds. The number of hydrogen-bond acceptors (Lipinski definition) is 3. The summed E-state index contributed by atoms with van der Waals surface area (Å²) in [5, 5.41) is 12.1. The lowest BCUT2D eigenvalue weighted by molar-refractivity contribution is 0.165. The second-order valence-electron chi connectivity index (χ2n) is 4.45. The Labute approximate surface area is 101 Å². The smallest absolute Gasteiger partial charge is 0.140 e. The number of piperazine rings is 1. The van der Waals surface area contributed by atoms with Gasteiger partial charge in [0.15, 0.2) is 0 Å². The van der Waals surface area contributed by atoms with Gasteiger partial charge in [0.25, 0.3) is 0 Å². The van der Waals surface area contributed by atoms with Crippen molar-refractivity contribution in [1.82, 2.24) is 10.2 Å². The summed E-state index contributed by atoms with van der Waals surface area (Å²) in [6, 6.07) is 7.12. The maximum Gasteiger partial charge on any atom is 0.140 e. The first-order valence-corrected chi connectivity index (χ1v) is 5.84. The summed E-state index contributed by atoms with van der Waals surface area (Å²) in [6.45, 7) is 5.89. The Morgan fingerprint density at radius 1 is 1.59 bits per heavy atom. The lowest BCUT2D eigenvalue weighted by Gasteiger charge is -2.33. The average molecular weight is 233 g/mol. The minimum Gasteiger partial charge on any atom is -0.314 e. The van der Waals surface area contributed by atoms with E-state index in [4.69, 9.17) is 5.26 Å². The molecular formula is C13H16FN3. The minimum atomic E-state index is -0.440. The van der Waals surface area contributed by atoms with Crippen molar-refractivity contribution in [2.75, 3.05) is 19.6 Å². The van der Waals surface area contributed by atoms with E-state index in [-0.39, 0.29) is 5.56 Å². The van der Waals surface area contributed by atoms with Crippen molar-refractivity contribution >= 4 is 0 Å². The molecule has 0 unspecified atom stereocenters. The quantitative estimate of drug-likeness (QED) is 0.841. The maximum atomic E-state index is 13.2. The first kappa shape index (κ1) is 12.0. The van der Waals surface area contributed by atoms with Crippen LogP contribution in [0.15, 0.2) is 18.2 Å². The molecule has 0 saturated carbocycles. The highest BCUT2D eigenvalue weighted by Crippen LogP contribution is 2.14. The Morgan fingerprint density at radius 3 is 3.12 bits per heavy atom. The highest BCUT2D eigenvalue weighted by molar-refractivity contribution is 5.34. The van der Waals surface area contributed by atoms with Gasteiger partial charge in [-0.3, -0.25) is 4.90 Å². The summed E-state index contributed by atoms with van der Waals surface area (Å²) >= 11 is 0. The molecule has 90 valence electrons. The Kier molecular flexibility index (Phi) is 3.72. The van der Waals surface area contributed by atoms with E-state index in [0.29, 0.717) is 6.04 Å². The highest BCUT2D eigenvalue weighted by Gasteiger charge is 2.18. The Hall–Kier alpha value is -1.44. The van der Waals surface area contributed by atoms with E-state index in [1.54, 1.807) is 12.1 Å². The average Bonchev–Trinajstić information content (AvgIpc) is 2.34. The van der Waals surface area contributed by atoms with Crippen molar-refractivity contribution in [2.45, 2.75) is 19.5 Å². The molecule has 0 bridgehead atoms. The van der Waals surface area contributed by atoms with Gasteiger partial charge in [-0.2, -0.15) is 5.26 Å². The van der Waals surface area contributed by atoms with Crippen LogP contribution in [0.1, 0.15) is 18.1 Å². The SMILES string of the molecule is C[C@H]1CNCCN1Cc1ccc(F)c(C#N)c1. The summed E-state index contributed by atoms with van der Waals surface area (Å²) in [7, 11) is 0. The van der Waals surface area contributed by atoms with Crippen LogP contribution in [0.4, 0.5) is 4.39 Å².